The van der Waals surface area contributed by atoms with Crippen molar-refractivity contribution in [3.05, 3.63) is 53.1 Å². The molecule has 0 aromatic heterocycles. The molecule has 108 valence electrons. The maximum absolute atomic E-state index is 8.84. The quantitative estimate of drug-likeness (QED) is 0.862. The van der Waals surface area contributed by atoms with Crippen LogP contribution in [0.1, 0.15) is 19.4 Å². The van der Waals surface area contributed by atoms with Crippen LogP contribution in [0.2, 0.25) is 5.02 Å². The summed E-state index contributed by atoms with van der Waals surface area (Å²) in [7, 11) is 0. The Balaban J connectivity index is 2.15. The molecule has 2 rings (SSSR count). The van der Waals surface area contributed by atoms with Crippen molar-refractivity contribution in [3.8, 4) is 6.07 Å². The molecule has 0 aliphatic carbocycles. The number of hydrogen-bond donors (Lipinski definition) is 1. The summed E-state index contributed by atoms with van der Waals surface area (Å²) >= 11 is 6.16. The van der Waals surface area contributed by atoms with Gasteiger partial charge < -0.3 is 10.2 Å². The lowest BCUT2D eigenvalue weighted by Gasteiger charge is -2.21. The van der Waals surface area contributed by atoms with Gasteiger partial charge in [0.2, 0.25) is 0 Å². The average molecular weight is 300 g/mol. The zero-order valence-corrected chi connectivity index (χ0v) is 13.0. The predicted molar refractivity (Wildman–Crippen MR) is 89.5 cm³/mol. The molecule has 4 heteroatoms. The second-order valence-electron chi connectivity index (χ2n) is 4.65. The van der Waals surface area contributed by atoms with Crippen molar-refractivity contribution in [2.45, 2.75) is 13.8 Å². The lowest BCUT2D eigenvalue weighted by atomic mass is 10.2. The first-order chi connectivity index (χ1) is 10.2. The molecule has 0 aliphatic rings. The summed E-state index contributed by atoms with van der Waals surface area (Å²) < 4.78 is 0. The van der Waals surface area contributed by atoms with Crippen molar-refractivity contribution in [2.75, 3.05) is 23.3 Å². The number of anilines is 3. The number of rotatable bonds is 5. The first kappa shape index (κ1) is 15.2. The number of benzene rings is 2. The van der Waals surface area contributed by atoms with Gasteiger partial charge in [0.05, 0.1) is 22.3 Å². The zero-order chi connectivity index (χ0) is 15.2. The van der Waals surface area contributed by atoms with Gasteiger partial charge in [-0.2, -0.15) is 5.26 Å². The first-order valence-corrected chi connectivity index (χ1v) is 7.37. The molecule has 0 bridgehead atoms. The molecule has 0 saturated carbocycles. The fraction of sp³-hybridized carbons (Fsp3) is 0.235. The summed E-state index contributed by atoms with van der Waals surface area (Å²) in [6.45, 7) is 6.27. The van der Waals surface area contributed by atoms with Gasteiger partial charge in [-0.25, -0.2) is 0 Å². The number of nitriles is 1. The van der Waals surface area contributed by atoms with Gasteiger partial charge in [0.25, 0.3) is 0 Å². The van der Waals surface area contributed by atoms with Crippen molar-refractivity contribution < 1.29 is 0 Å². The van der Waals surface area contributed by atoms with Crippen LogP contribution in [0.5, 0.6) is 0 Å². The van der Waals surface area contributed by atoms with E-state index in [9.17, 15) is 0 Å². The second kappa shape index (κ2) is 7.01. The number of nitrogens with one attached hydrogen (secondary N) is 1. The van der Waals surface area contributed by atoms with Crippen molar-refractivity contribution >= 4 is 28.7 Å². The normalized spacial score (nSPS) is 10.0. The molecule has 0 amide bonds. The van der Waals surface area contributed by atoms with Crippen molar-refractivity contribution in [3.63, 3.8) is 0 Å². The number of hydrogen-bond acceptors (Lipinski definition) is 3. The third kappa shape index (κ3) is 3.68. The lowest BCUT2D eigenvalue weighted by molar-refractivity contribution is 0.866. The topological polar surface area (TPSA) is 39.1 Å². The van der Waals surface area contributed by atoms with Crippen LogP contribution in [0.4, 0.5) is 17.1 Å². The van der Waals surface area contributed by atoms with Crippen molar-refractivity contribution in [1.29, 1.82) is 5.26 Å². The van der Waals surface area contributed by atoms with Gasteiger partial charge in [0.1, 0.15) is 0 Å². The molecule has 0 heterocycles. The van der Waals surface area contributed by atoms with Crippen molar-refractivity contribution in [1.82, 2.24) is 0 Å². The monoisotopic (exact) mass is 299 g/mol. The van der Waals surface area contributed by atoms with E-state index < -0.39 is 0 Å². The Bertz CT molecular complexity index is 640. The molecule has 0 fully saturated rings. The summed E-state index contributed by atoms with van der Waals surface area (Å²) in [6, 6.07) is 15.5. The first-order valence-electron chi connectivity index (χ1n) is 6.99. The van der Waals surface area contributed by atoms with E-state index >= 15 is 0 Å². The molecule has 0 radical (unpaired) electrons. The summed E-state index contributed by atoms with van der Waals surface area (Å²) in [5, 5.41) is 12.6. The van der Waals surface area contributed by atoms with Crippen LogP contribution in [0.3, 0.4) is 0 Å². The Hall–Kier alpha value is -2.18. The maximum atomic E-state index is 8.84. The zero-order valence-electron chi connectivity index (χ0n) is 12.2. The molecular weight excluding hydrogens is 282 g/mol. The van der Waals surface area contributed by atoms with E-state index in [1.165, 1.54) is 5.69 Å². The van der Waals surface area contributed by atoms with Gasteiger partial charge in [-0.1, -0.05) is 11.6 Å². The Morgan fingerprint density at radius 3 is 2.29 bits per heavy atom. The molecule has 1 N–H and O–H groups in total. The second-order valence-corrected chi connectivity index (χ2v) is 5.06. The van der Waals surface area contributed by atoms with Gasteiger partial charge in [-0.15, -0.1) is 0 Å². The van der Waals surface area contributed by atoms with Gasteiger partial charge >= 0.3 is 0 Å². The van der Waals surface area contributed by atoms with Gasteiger partial charge in [0, 0.05) is 24.5 Å². The smallest absolute Gasteiger partial charge is 0.0992 e. The van der Waals surface area contributed by atoms with E-state index in [1.54, 1.807) is 12.1 Å². The van der Waals surface area contributed by atoms with Crippen LogP contribution >= 0.6 is 11.6 Å². The van der Waals surface area contributed by atoms with Gasteiger partial charge in [-0.3, -0.25) is 0 Å². The van der Waals surface area contributed by atoms with Crippen LogP contribution in [-0.4, -0.2) is 13.1 Å². The molecule has 2 aromatic carbocycles. The minimum atomic E-state index is 0.543. The van der Waals surface area contributed by atoms with Crippen LogP contribution in [-0.2, 0) is 0 Å². The number of halogens is 1. The van der Waals surface area contributed by atoms with E-state index in [2.05, 4.69) is 42.3 Å². The third-order valence-electron chi connectivity index (χ3n) is 3.37. The highest BCUT2D eigenvalue weighted by molar-refractivity contribution is 6.33. The molecule has 3 nitrogen and oxygen atoms in total. The Labute approximate surface area is 130 Å². The minimum absolute atomic E-state index is 0.543. The molecule has 0 unspecified atom stereocenters. The van der Waals surface area contributed by atoms with E-state index in [1.807, 2.05) is 18.2 Å². The number of nitrogens with zero attached hydrogens (tertiary/aromatic N) is 2. The van der Waals surface area contributed by atoms with Gasteiger partial charge in [-0.05, 0) is 56.3 Å². The Morgan fingerprint density at radius 1 is 1.10 bits per heavy atom. The maximum Gasteiger partial charge on any atom is 0.0992 e. The molecule has 0 spiro atoms. The largest absolute Gasteiger partial charge is 0.372 e. The van der Waals surface area contributed by atoms with E-state index in [0.29, 0.717) is 10.6 Å². The van der Waals surface area contributed by atoms with Crippen LogP contribution < -0.4 is 10.2 Å². The molecule has 21 heavy (non-hydrogen) atoms. The summed E-state index contributed by atoms with van der Waals surface area (Å²) in [6.07, 6.45) is 0. The summed E-state index contributed by atoms with van der Waals surface area (Å²) in [5.74, 6) is 0. The highest BCUT2D eigenvalue weighted by Crippen LogP contribution is 2.27. The van der Waals surface area contributed by atoms with Crippen molar-refractivity contribution in [2.24, 2.45) is 0 Å². The molecule has 0 atom stereocenters. The third-order valence-corrected chi connectivity index (χ3v) is 3.69. The fourth-order valence-electron chi connectivity index (χ4n) is 2.19. The SMILES string of the molecule is CCN(CC)c1ccc(Nc2ccc(C#N)cc2Cl)cc1. The van der Waals surface area contributed by atoms with Crippen LogP contribution in [0, 0.1) is 11.3 Å². The molecule has 0 saturated heterocycles. The summed E-state index contributed by atoms with van der Waals surface area (Å²) in [4.78, 5) is 2.29. The van der Waals surface area contributed by atoms with E-state index in [0.717, 1.165) is 24.5 Å². The standard InChI is InChI=1S/C17H18ClN3/c1-3-21(4-2)15-8-6-14(7-9-15)20-17-10-5-13(12-19)11-16(17)18/h5-11,20H,3-4H2,1-2H3. The van der Waals surface area contributed by atoms with Crippen LogP contribution in [0.15, 0.2) is 42.5 Å². The van der Waals surface area contributed by atoms with E-state index in [4.69, 9.17) is 16.9 Å². The Kier molecular flexibility index (Phi) is 5.08. The van der Waals surface area contributed by atoms with E-state index in [-0.39, 0.29) is 0 Å². The fourth-order valence-corrected chi connectivity index (χ4v) is 2.41. The molecular formula is C17H18ClN3. The van der Waals surface area contributed by atoms with Crippen LogP contribution in [0.25, 0.3) is 0 Å². The summed E-state index contributed by atoms with van der Waals surface area (Å²) in [5.41, 5.74) is 3.53. The predicted octanol–water partition coefficient (Wildman–Crippen LogP) is 4.80. The highest BCUT2D eigenvalue weighted by Gasteiger charge is 2.04. The average Bonchev–Trinajstić information content (AvgIpc) is 2.52. The Morgan fingerprint density at radius 2 is 1.76 bits per heavy atom. The lowest BCUT2D eigenvalue weighted by Crippen LogP contribution is -2.21. The van der Waals surface area contributed by atoms with Gasteiger partial charge in [0.15, 0.2) is 0 Å². The molecule has 0 aliphatic heterocycles. The molecule has 2 aromatic rings. The minimum Gasteiger partial charge on any atom is -0.372 e. The highest BCUT2D eigenvalue weighted by atomic mass is 35.5.